The van der Waals surface area contributed by atoms with Crippen LogP contribution in [0.4, 0.5) is 0 Å². The minimum Gasteiger partial charge on any atom is -0.432 e. The number of carbonyl (C=O) groups is 1. The standard InChI is InChI=1S/C21H26N2O7/c1-4-21(29-13-24)17(28-12-15-9-7-6-8-10-15)16(27-5-2)19(30-21)23-11-14(3)18(25)22-20(23)26/h6-11,13,16-17,19H,4-5,12H2,1-3H3,(H,22,25,26)/t16-,17?,19+,21+/m0/s1. The van der Waals surface area contributed by atoms with Gasteiger partial charge in [0.1, 0.15) is 6.10 Å². The number of nitrogens with zero attached hydrogens (tertiary/aromatic N) is 1. The molecule has 0 saturated carbocycles. The van der Waals surface area contributed by atoms with Crippen molar-refractivity contribution >= 4 is 6.47 Å². The van der Waals surface area contributed by atoms with Gasteiger partial charge in [0.05, 0.1) is 6.61 Å². The molecule has 2 heterocycles. The lowest BCUT2D eigenvalue weighted by molar-refractivity contribution is -0.257. The van der Waals surface area contributed by atoms with Crippen molar-refractivity contribution < 1.29 is 23.7 Å². The van der Waals surface area contributed by atoms with Gasteiger partial charge in [0.15, 0.2) is 12.3 Å². The lowest BCUT2D eigenvalue weighted by atomic mass is 10.0. The summed E-state index contributed by atoms with van der Waals surface area (Å²) in [5.41, 5.74) is 0.120. The van der Waals surface area contributed by atoms with Crippen molar-refractivity contribution in [3.63, 3.8) is 0 Å². The molecule has 4 atom stereocenters. The Hall–Kier alpha value is -2.75. The van der Waals surface area contributed by atoms with Gasteiger partial charge < -0.3 is 18.9 Å². The van der Waals surface area contributed by atoms with Crippen LogP contribution in [-0.2, 0) is 30.3 Å². The Morgan fingerprint density at radius 2 is 1.93 bits per heavy atom. The highest BCUT2D eigenvalue weighted by atomic mass is 16.8. The molecule has 3 rings (SSSR count). The second-order valence-electron chi connectivity index (χ2n) is 7.00. The predicted molar refractivity (Wildman–Crippen MR) is 107 cm³/mol. The van der Waals surface area contributed by atoms with Gasteiger partial charge in [0, 0.05) is 24.8 Å². The summed E-state index contributed by atoms with van der Waals surface area (Å²) in [6.07, 6.45) is -0.867. The average Bonchev–Trinajstić information content (AvgIpc) is 3.04. The van der Waals surface area contributed by atoms with E-state index in [1.165, 1.54) is 10.8 Å². The molecule has 1 aliphatic rings. The Bertz CT molecular complexity index is 971. The summed E-state index contributed by atoms with van der Waals surface area (Å²) in [7, 11) is 0. The number of hydrogen-bond donors (Lipinski definition) is 1. The molecule has 162 valence electrons. The van der Waals surface area contributed by atoms with Gasteiger partial charge in [-0.2, -0.15) is 0 Å². The van der Waals surface area contributed by atoms with E-state index in [0.717, 1.165) is 5.56 Å². The van der Waals surface area contributed by atoms with Crippen LogP contribution in [0.1, 0.15) is 37.6 Å². The van der Waals surface area contributed by atoms with Gasteiger partial charge in [-0.25, -0.2) is 4.79 Å². The summed E-state index contributed by atoms with van der Waals surface area (Å²) in [6, 6.07) is 9.51. The Balaban J connectivity index is 2.02. The van der Waals surface area contributed by atoms with Gasteiger partial charge in [-0.05, 0) is 19.4 Å². The number of aromatic amines is 1. The summed E-state index contributed by atoms with van der Waals surface area (Å²) in [5, 5.41) is 0. The third-order valence-electron chi connectivity index (χ3n) is 5.13. The van der Waals surface area contributed by atoms with Gasteiger partial charge >= 0.3 is 5.69 Å². The van der Waals surface area contributed by atoms with Crippen LogP contribution in [0.25, 0.3) is 0 Å². The van der Waals surface area contributed by atoms with Crippen molar-refractivity contribution in [2.24, 2.45) is 0 Å². The van der Waals surface area contributed by atoms with E-state index < -0.39 is 35.5 Å². The van der Waals surface area contributed by atoms with Crippen molar-refractivity contribution in [2.75, 3.05) is 6.61 Å². The average molecular weight is 418 g/mol. The summed E-state index contributed by atoms with van der Waals surface area (Å²) < 4.78 is 24.7. The van der Waals surface area contributed by atoms with Gasteiger partial charge in [-0.1, -0.05) is 37.3 Å². The molecule has 1 saturated heterocycles. The number of nitrogens with one attached hydrogen (secondary N) is 1. The molecule has 1 N–H and O–H groups in total. The molecule has 1 aromatic heterocycles. The molecular formula is C21H26N2O7. The molecule has 9 heteroatoms. The molecule has 1 aliphatic heterocycles. The van der Waals surface area contributed by atoms with Crippen LogP contribution in [0.3, 0.4) is 0 Å². The third-order valence-corrected chi connectivity index (χ3v) is 5.13. The molecule has 0 bridgehead atoms. The fourth-order valence-corrected chi connectivity index (χ4v) is 3.62. The van der Waals surface area contributed by atoms with Gasteiger partial charge in [-0.3, -0.25) is 19.1 Å². The number of aromatic nitrogens is 2. The number of H-pyrrole nitrogens is 1. The quantitative estimate of drug-likeness (QED) is 0.617. The highest BCUT2D eigenvalue weighted by Crippen LogP contribution is 2.43. The zero-order valence-corrected chi connectivity index (χ0v) is 17.2. The number of hydrogen-bond acceptors (Lipinski definition) is 7. The van der Waals surface area contributed by atoms with Crippen molar-refractivity contribution in [3.05, 3.63) is 68.5 Å². The minimum atomic E-state index is -1.45. The largest absolute Gasteiger partial charge is 0.432 e. The number of benzene rings is 1. The normalized spacial score (nSPS) is 25.9. The smallest absolute Gasteiger partial charge is 0.330 e. The van der Waals surface area contributed by atoms with Crippen LogP contribution in [0.2, 0.25) is 0 Å². The van der Waals surface area contributed by atoms with Crippen LogP contribution in [0.5, 0.6) is 0 Å². The lowest BCUT2D eigenvalue weighted by Crippen LogP contribution is -2.47. The predicted octanol–water partition coefficient (Wildman–Crippen LogP) is 1.64. The molecule has 1 fully saturated rings. The van der Waals surface area contributed by atoms with E-state index in [-0.39, 0.29) is 13.0 Å². The van der Waals surface area contributed by atoms with Crippen LogP contribution in [-0.4, -0.2) is 40.6 Å². The van der Waals surface area contributed by atoms with Crippen molar-refractivity contribution in [2.45, 2.75) is 58.0 Å². The van der Waals surface area contributed by atoms with Crippen molar-refractivity contribution in [1.29, 1.82) is 0 Å². The summed E-state index contributed by atoms with van der Waals surface area (Å²) in [4.78, 5) is 37.8. The first-order valence-electron chi connectivity index (χ1n) is 9.84. The van der Waals surface area contributed by atoms with Crippen LogP contribution < -0.4 is 11.2 Å². The van der Waals surface area contributed by atoms with Crippen LogP contribution >= 0.6 is 0 Å². The molecular weight excluding hydrogens is 392 g/mol. The van der Waals surface area contributed by atoms with Crippen LogP contribution in [0, 0.1) is 6.92 Å². The van der Waals surface area contributed by atoms with Gasteiger partial charge in [0.2, 0.25) is 5.79 Å². The first kappa shape index (κ1) is 21.9. The van der Waals surface area contributed by atoms with Gasteiger partial charge in [0.25, 0.3) is 12.0 Å². The number of carbonyl (C=O) groups excluding carboxylic acids is 1. The molecule has 0 aliphatic carbocycles. The molecule has 1 unspecified atom stereocenters. The maximum atomic E-state index is 12.5. The Morgan fingerprint density at radius 3 is 2.57 bits per heavy atom. The van der Waals surface area contributed by atoms with E-state index in [9.17, 15) is 14.4 Å². The molecule has 0 amide bonds. The number of aryl methyl sites for hydroxylation is 1. The fraction of sp³-hybridized carbons (Fsp3) is 0.476. The zero-order valence-electron chi connectivity index (χ0n) is 17.2. The third kappa shape index (κ3) is 4.23. The summed E-state index contributed by atoms with van der Waals surface area (Å²) in [6.45, 7) is 6.02. The second kappa shape index (κ2) is 9.38. The number of ether oxygens (including phenoxy) is 4. The van der Waals surface area contributed by atoms with E-state index >= 15 is 0 Å². The fourth-order valence-electron chi connectivity index (χ4n) is 3.62. The molecule has 9 nitrogen and oxygen atoms in total. The molecule has 0 radical (unpaired) electrons. The highest BCUT2D eigenvalue weighted by Gasteiger charge is 2.58. The molecule has 2 aromatic rings. The van der Waals surface area contributed by atoms with E-state index in [1.807, 2.05) is 30.3 Å². The van der Waals surface area contributed by atoms with Gasteiger partial charge in [-0.15, -0.1) is 0 Å². The maximum absolute atomic E-state index is 12.5. The summed E-state index contributed by atoms with van der Waals surface area (Å²) >= 11 is 0. The Morgan fingerprint density at radius 1 is 1.20 bits per heavy atom. The van der Waals surface area contributed by atoms with Crippen molar-refractivity contribution in [1.82, 2.24) is 9.55 Å². The Labute approximate surface area is 173 Å². The monoisotopic (exact) mass is 418 g/mol. The Kier molecular flexibility index (Phi) is 6.86. The molecule has 0 spiro atoms. The van der Waals surface area contributed by atoms with Crippen molar-refractivity contribution in [3.8, 4) is 0 Å². The van der Waals surface area contributed by atoms with E-state index in [0.29, 0.717) is 18.6 Å². The lowest BCUT2D eigenvalue weighted by Gasteiger charge is -2.32. The maximum Gasteiger partial charge on any atom is 0.330 e. The first-order valence-corrected chi connectivity index (χ1v) is 9.84. The van der Waals surface area contributed by atoms with E-state index in [4.69, 9.17) is 18.9 Å². The number of rotatable bonds is 9. The summed E-state index contributed by atoms with van der Waals surface area (Å²) in [5.74, 6) is -1.45. The molecule has 1 aromatic carbocycles. The topological polar surface area (TPSA) is 109 Å². The van der Waals surface area contributed by atoms with Crippen LogP contribution in [0.15, 0.2) is 46.1 Å². The first-order chi connectivity index (χ1) is 14.5. The SMILES string of the molecule is CCO[C@H]1C(OCc2ccccc2)[C@](CC)(OC=O)O[C@H]1n1cc(C)c(=O)[nH]c1=O. The molecule has 30 heavy (non-hydrogen) atoms. The second-order valence-corrected chi connectivity index (χ2v) is 7.00. The zero-order chi connectivity index (χ0) is 21.7. The minimum absolute atomic E-state index is 0.231. The van der Waals surface area contributed by atoms with E-state index in [1.54, 1.807) is 20.8 Å². The highest BCUT2D eigenvalue weighted by molar-refractivity contribution is 5.38. The van der Waals surface area contributed by atoms with E-state index in [2.05, 4.69) is 4.98 Å².